The zero-order valence-electron chi connectivity index (χ0n) is 11.1. The third-order valence-electron chi connectivity index (χ3n) is 3.14. The van der Waals surface area contributed by atoms with E-state index in [1.165, 1.54) is 12.1 Å². The maximum atomic E-state index is 13.6. The molecule has 3 rings (SSSR count). The van der Waals surface area contributed by atoms with Gasteiger partial charge in [0.05, 0.1) is 12.2 Å². The molecule has 2 aromatic carbocycles. The zero-order valence-corrected chi connectivity index (χ0v) is 11.1. The highest BCUT2D eigenvalue weighted by Crippen LogP contribution is 2.30. The molecule has 0 amide bonds. The van der Waals surface area contributed by atoms with Gasteiger partial charge in [0.1, 0.15) is 30.0 Å². The molecule has 0 radical (unpaired) electrons. The Morgan fingerprint density at radius 1 is 1.29 bits per heavy atom. The van der Waals surface area contributed by atoms with Crippen molar-refractivity contribution in [1.82, 2.24) is 0 Å². The summed E-state index contributed by atoms with van der Waals surface area (Å²) >= 11 is 0. The van der Waals surface area contributed by atoms with E-state index >= 15 is 0 Å². The van der Waals surface area contributed by atoms with E-state index in [1.54, 1.807) is 24.3 Å². The summed E-state index contributed by atoms with van der Waals surface area (Å²) < 4.78 is 29.8. The molecule has 5 heteroatoms. The smallest absolute Gasteiger partial charge is 0.189 e. The Morgan fingerprint density at radius 3 is 3.00 bits per heavy atom. The van der Waals surface area contributed by atoms with Crippen LogP contribution in [0.2, 0.25) is 0 Å². The fraction of sp³-hybridized carbons (Fsp3) is 0.188. The highest BCUT2D eigenvalue weighted by Gasteiger charge is 2.17. The van der Waals surface area contributed by atoms with E-state index in [4.69, 9.17) is 19.5 Å². The van der Waals surface area contributed by atoms with Gasteiger partial charge in [-0.05, 0) is 24.3 Å². The van der Waals surface area contributed by atoms with Gasteiger partial charge in [-0.15, -0.1) is 0 Å². The van der Waals surface area contributed by atoms with Crippen molar-refractivity contribution in [1.29, 1.82) is 5.26 Å². The molecule has 0 fully saturated rings. The first kappa shape index (κ1) is 13.4. The van der Waals surface area contributed by atoms with Gasteiger partial charge in [0.15, 0.2) is 6.79 Å². The van der Waals surface area contributed by atoms with Gasteiger partial charge in [0.2, 0.25) is 0 Å². The van der Waals surface area contributed by atoms with Crippen LogP contribution >= 0.6 is 0 Å². The Morgan fingerprint density at radius 2 is 2.14 bits per heavy atom. The number of fused-ring (bicyclic) bond motifs is 1. The monoisotopic (exact) mass is 285 g/mol. The molecule has 0 aromatic heterocycles. The summed E-state index contributed by atoms with van der Waals surface area (Å²) in [5.41, 5.74) is 1.70. The second-order valence-electron chi connectivity index (χ2n) is 4.56. The van der Waals surface area contributed by atoms with Crippen molar-refractivity contribution in [3.63, 3.8) is 0 Å². The summed E-state index contributed by atoms with van der Waals surface area (Å²) in [7, 11) is 0. The van der Waals surface area contributed by atoms with Crippen LogP contribution in [0.4, 0.5) is 4.39 Å². The molecule has 0 N–H and O–H groups in total. The third kappa shape index (κ3) is 2.81. The maximum absolute atomic E-state index is 13.6. The molecule has 4 nitrogen and oxygen atoms in total. The van der Waals surface area contributed by atoms with Crippen LogP contribution in [0, 0.1) is 17.1 Å². The van der Waals surface area contributed by atoms with Crippen molar-refractivity contribution in [2.45, 2.75) is 13.2 Å². The van der Waals surface area contributed by atoms with Gasteiger partial charge in [-0.1, -0.05) is 12.1 Å². The Hall–Kier alpha value is -2.58. The number of benzene rings is 2. The molecule has 2 aromatic rings. The van der Waals surface area contributed by atoms with Crippen LogP contribution in [0.1, 0.15) is 16.7 Å². The lowest BCUT2D eigenvalue weighted by atomic mass is 10.1. The fourth-order valence-corrected chi connectivity index (χ4v) is 2.20. The standard InChI is InChI=1S/C16H12FNO3/c17-14-5-12-8-19-10-21-16(12)13(6-14)9-20-15-4-2-1-3-11(15)7-18/h1-6H,8-10H2. The topological polar surface area (TPSA) is 51.5 Å². The van der Waals surface area contributed by atoms with E-state index in [0.717, 1.165) is 0 Å². The Balaban J connectivity index is 1.85. The van der Waals surface area contributed by atoms with Crippen molar-refractivity contribution in [2.75, 3.05) is 6.79 Å². The van der Waals surface area contributed by atoms with Crippen LogP contribution in [-0.4, -0.2) is 6.79 Å². The average Bonchev–Trinajstić information content (AvgIpc) is 2.52. The number of halogens is 1. The molecule has 1 aliphatic rings. The van der Waals surface area contributed by atoms with E-state index in [9.17, 15) is 4.39 Å². The molecule has 0 saturated carbocycles. The summed E-state index contributed by atoms with van der Waals surface area (Å²) in [6.07, 6.45) is 0. The first-order valence-electron chi connectivity index (χ1n) is 6.41. The van der Waals surface area contributed by atoms with Crippen molar-refractivity contribution >= 4 is 0 Å². The lowest BCUT2D eigenvalue weighted by Gasteiger charge is -2.21. The summed E-state index contributed by atoms with van der Waals surface area (Å²) in [4.78, 5) is 0. The van der Waals surface area contributed by atoms with Gasteiger partial charge in [0, 0.05) is 11.1 Å². The summed E-state index contributed by atoms with van der Waals surface area (Å²) in [6, 6.07) is 11.7. The fourth-order valence-electron chi connectivity index (χ4n) is 2.20. The minimum Gasteiger partial charge on any atom is -0.487 e. The molecule has 0 bridgehead atoms. The summed E-state index contributed by atoms with van der Waals surface area (Å²) in [5, 5.41) is 9.02. The SMILES string of the molecule is N#Cc1ccccc1OCc1cc(F)cc2c1OCOC2. The van der Waals surface area contributed by atoms with E-state index in [2.05, 4.69) is 6.07 Å². The first-order valence-corrected chi connectivity index (χ1v) is 6.41. The van der Waals surface area contributed by atoms with Gasteiger partial charge in [-0.2, -0.15) is 5.26 Å². The number of hydrogen-bond acceptors (Lipinski definition) is 4. The lowest BCUT2D eigenvalue weighted by molar-refractivity contribution is -0.0178. The molecule has 0 aliphatic carbocycles. The maximum Gasteiger partial charge on any atom is 0.189 e. The molecule has 1 heterocycles. The van der Waals surface area contributed by atoms with E-state index in [1.807, 2.05) is 0 Å². The van der Waals surface area contributed by atoms with Crippen molar-refractivity contribution in [2.24, 2.45) is 0 Å². The van der Waals surface area contributed by atoms with E-state index < -0.39 is 0 Å². The second-order valence-corrected chi connectivity index (χ2v) is 4.56. The van der Waals surface area contributed by atoms with Crippen LogP contribution in [0.15, 0.2) is 36.4 Å². The minimum absolute atomic E-state index is 0.124. The highest BCUT2D eigenvalue weighted by molar-refractivity contribution is 5.45. The Bertz CT molecular complexity index is 709. The van der Waals surface area contributed by atoms with Gasteiger partial charge in [0.25, 0.3) is 0 Å². The number of hydrogen-bond donors (Lipinski definition) is 0. The number of para-hydroxylation sites is 1. The largest absolute Gasteiger partial charge is 0.487 e. The zero-order chi connectivity index (χ0) is 14.7. The molecule has 106 valence electrons. The molecule has 0 atom stereocenters. The predicted octanol–water partition coefficient (Wildman–Crippen LogP) is 3.14. The summed E-state index contributed by atoms with van der Waals surface area (Å²) in [5.74, 6) is 0.692. The van der Waals surface area contributed by atoms with Crippen molar-refractivity contribution in [3.8, 4) is 17.6 Å². The average molecular weight is 285 g/mol. The second kappa shape index (κ2) is 5.81. The Labute approximate surface area is 121 Å². The van der Waals surface area contributed by atoms with Crippen LogP contribution in [0.5, 0.6) is 11.5 Å². The molecular formula is C16H12FNO3. The van der Waals surface area contributed by atoms with Gasteiger partial charge >= 0.3 is 0 Å². The van der Waals surface area contributed by atoms with Crippen LogP contribution in [0.3, 0.4) is 0 Å². The molecule has 0 spiro atoms. The van der Waals surface area contributed by atoms with Crippen molar-refractivity contribution < 1.29 is 18.6 Å². The number of ether oxygens (including phenoxy) is 3. The molecule has 1 aliphatic heterocycles. The third-order valence-corrected chi connectivity index (χ3v) is 3.14. The van der Waals surface area contributed by atoms with Gasteiger partial charge in [-0.3, -0.25) is 0 Å². The minimum atomic E-state index is -0.366. The molecule has 0 unspecified atom stereocenters. The summed E-state index contributed by atoms with van der Waals surface area (Å²) in [6.45, 7) is 0.577. The van der Waals surface area contributed by atoms with Crippen LogP contribution < -0.4 is 9.47 Å². The van der Waals surface area contributed by atoms with Crippen molar-refractivity contribution in [3.05, 3.63) is 58.9 Å². The first-order chi connectivity index (χ1) is 10.3. The molecule has 21 heavy (non-hydrogen) atoms. The molecule has 0 saturated heterocycles. The number of nitrogens with zero attached hydrogens (tertiary/aromatic N) is 1. The van der Waals surface area contributed by atoms with Gasteiger partial charge < -0.3 is 14.2 Å². The number of rotatable bonds is 3. The quantitative estimate of drug-likeness (QED) is 0.869. The lowest BCUT2D eigenvalue weighted by Crippen LogP contribution is -2.14. The molecular weight excluding hydrogens is 273 g/mol. The predicted molar refractivity (Wildman–Crippen MR) is 72.2 cm³/mol. The van der Waals surface area contributed by atoms with Crippen LogP contribution in [0.25, 0.3) is 0 Å². The van der Waals surface area contributed by atoms with Crippen LogP contribution in [-0.2, 0) is 18.0 Å². The van der Waals surface area contributed by atoms with Gasteiger partial charge in [-0.25, -0.2) is 4.39 Å². The highest BCUT2D eigenvalue weighted by atomic mass is 19.1. The normalized spacial score (nSPS) is 13.0. The van der Waals surface area contributed by atoms with E-state index in [0.29, 0.717) is 34.8 Å². The van der Waals surface area contributed by atoms with E-state index in [-0.39, 0.29) is 19.2 Å². The Kier molecular flexibility index (Phi) is 3.71. The number of nitriles is 1.